The third kappa shape index (κ3) is 3.66. The molecule has 1 aromatic heterocycles. The SMILES string of the molecule is CCc1cc(-c2cc(Oc3ccc(C=N)c(NC)c3)ccn2)ccc1C(=O)NC1CC12CNC21CC1. The molecule has 3 fully saturated rings. The molecule has 1 amide bonds. The molecule has 36 heavy (non-hydrogen) atoms. The maximum atomic E-state index is 13.2. The number of aromatic nitrogens is 1. The molecule has 0 bridgehead atoms. The van der Waals surface area contributed by atoms with Gasteiger partial charge < -0.3 is 26.1 Å². The van der Waals surface area contributed by atoms with Crippen LogP contribution in [0.5, 0.6) is 11.5 Å². The van der Waals surface area contributed by atoms with Crippen molar-refractivity contribution >= 4 is 17.8 Å². The summed E-state index contributed by atoms with van der Waals surface area (Å²) in [6.07, 6.45) is 7.40. The number of nitrogens with zero attached hydrogens (tertiary/aromatic N) is 1. The average Bonchev–Trinajstić information content (AvgIpc) is 3.83. The van der Waals surface area contributed by atoms with E-state index in [0.717, 1.165) is 53.0 Å². The fraction of sp³-hybridized carbons (Fsp3) is 0.345. The van der Waals surface area contributed by atoms with Crippen LogP contribution in [0.25, 0.3) is 11.3 Å². The second-order valence-corrected chi connectivity index (χ2v) is 10.2. The Bertz CT molecular complexity index is 1370. The molecule has 2 spiro atoms. The van der Waals surface area contributed by atoms with Crippen molar-refractivity contribution in [2.45, 2.75) is 44.2 Å². The van der Waals surface area contributed by atoms with E-state index in [1.165, 1.54) is 19.1 Å². The Morgan fingerprint density at radius 1 is 1.19 bits per heavy atom. The largest absolute Gasteiger partial charge is 0.457 e. The topological polar surface area (TPSA) is 99.1 Å². The van der Waals surface area contributed by atoms with E-state index in [4.69, 9.17) is 10.1 Å². The minimum atomic E-state index is 0.0294. The number of ether oxygens (including phenoxy) is 1. The van der Waals surface area contributed by atoms with E-state index in [2.05, 4.69) is 33.9 Å². The van der Waals surface area contributed by atoms with Gasteiger partial charge in [-0.2, -0.15) is 0 Å². The van der Waals surface area contributed by atoms with E-state index >= 15 is 0 Å². The Morgan fingerprint density at radius 3 is 2.72 bits per heavy atom. The normalized spacial score (nSPS) is 22.6. The molecule has 2 atom stereocenters. The molecule has 2 aromatic carbocycles. The van der Waals surface area contributed by atoms with Crippen LogP contribution in [0.3, 0.4) is 0 Å². The van der Waals surface area contributed by atoms with Gasteiger partial charge in [-0.05, 0) is 61.6 Å². The number of benzene rings is 2. The third-order valence-electron chi connectivity index (χ3n) is 8.27. The minimum absolute atomic E-state index is 0.0294. The molecule has 2 heterocycles. The number of carbonyl (C=O) groups excluding carboxylic acids is 1. The average molecular weight is 482 g/mol. The fourth-order valence-corrected chi connectivity index (χ4v) is 5.80. The van der Waals surface area contributed by atoms with Crippen LogP contribution in [0.2, 0.25) is 0 Å². The lowest BCUT2D eigenvalue weighted by Gasteiger charge is -2.41. The van der Waals surface area contributed by atoms with Crippen molar-refractivity contribution in [1.82, 2.24) is 15.6 Å². The lowest BCUT2D eigenvalue weighted by molar-refractivity contribution is 0.0924. The molecular formula is C29H31N5O2. The van der Waals surface area contributed by atoms with E-state index in [0.29, 0.717) is 28.5 Å². The fourth-order valence-electron chi connectivity index (χ4n) is 5.80. The van der Waals surface area contributed by atoms with E-state index < -0.39 is 0 Å². The summed E-state index contributed by atoms with van der Waals surface area (Å²) in [7, 11) is 1.82. The molecule has 2 saturated carbocycles. The van der Waals surface area contributed by atoms with Crippen LogP contribution in [0.1, 0.15) is 47.7 Å². The number of pyridine rings is 1. The molecule has 3 aliphatic rings. The number of hydrogen-bond donors (Lipinski definition) is 4. The summed E-state index contributed by atoms with van der Waals surface area (Å²) in [4.78, 5) is 17.7. The molecule has 3 aromatic rings. The van der Waals surface area contributed by atoms with Crippen molar-refractivity contribution in [1.29, 1.82) is 5.41 Å². The van der Waals surface area contributed by atoms with E-state index in [9.17, 15) is 4.79 Å². The number of fused-ring (bicyclic) bond motifs is 1. The molecule has 7 heteroatoms. The summed E-state index contributed by atoms with van der Waals surface area (Å²) >= 11 is 0. The van der Waals surface area contributed by atoms with Crippen LogP contribution in [-0.2, 0) is 6.42 Å². The van der Waals surface area contributed by atoms with Gasteiger partial charge in [0.15, 0.2) is 0 Å². The first kappa shape index (κ1) is 22.7. The maximum absolute atomic E-state index is 13.2. The minimum Gasteiger partial charge on any atom is -0.457 e. The predicted molar refractivity (Wildman–Crippen MR) is 141 cm³/mol. The Labute approximate surface area is 211 Å². The summed E-state index contributed by atoms with van der Waals surface area (Å²) in [5, 5.41) is 17.5. The summed E-state index contributed by atoms with van der Waals surface area (Å²) in [5.74, 6) is 1.38. The zero-order chi connectivity index (χ0) is 24.9. The van der Waals surface area contributed by atoms with Crippen LogP contribution >= 0.6 is 0 Å². The molecule has 0 radical (unpaired) electrons. The number of carbonyl (C=O) groups is 1. The van der Waals surface area contributed by atoms with Gasteiger partial charge in [0.2, 0.25) is 0 Å². The van der Waals surface area contributed by atoms with E-state index in [1.807, 2.05) is 49.5 Å². The quantitative estimate of drug-likeness (QED) is 0.348. The zero-order valence-corrected chi connectivity index (χ0v) is 20.7. The van der Waals surface area contributed by atoms with Gasteiger partial charge in [0, 0.05) is 77.5 Å². The Hall–Kier alpha value is -3.71. The van der Waals surface area contributed by atoms with Gasteiger partial charge in [-0.3, -0.25) is 9.78 Å². The lowest BCUT2D eigenvalue weighted by atomic mass is 9.84. The first-order valence-electron chi connectivity index (χ1n) is 12.7. The van der Waals surface area contributed by atoms with Gasteiger partial charge in [-0.1, -0.05) is 13.0 Å². The molecule has 1 aliphatic heterocycles. The van der Waals surface area contributed by atoms with Crippen molar-refractivity contribution in [2.75, 3.05) is 18.9 Å². The molecule has 184 valence electrons. The van der Waals surface area contributed by atoms with Crippen molar-refractivity contribution < 1.29 is 9.53 Å². The zero-order valence-electron chi connectivity index (χ0n) is 20.7. The molecular weight excluding hydrogens is 450 g/mol. The summed E-state index contributed by atoms with van der Waals surface area (Å²) in [5.41, 5.74) is 5.77. The second kappa shape index (κ2) is 8.45. The van der Waals surface area contributed by atoms with Crippen LogP contribution in [0, 0.1) is 10.8 Å². The highest BCUT2D eigenvalue weighted by Gasteiger charge is 2.77. The Balaban J connectivity index is 1.19. The van der Waals surface area contributed by atoms with Gasteiger partial charge in [-0.25, -0.2) is 0 Å². The Kier molecular flexibility index (Phi) is 5.34. The second-order valence-electron chi connectivity index (χ2n) is 10.2. The van der Waals surface area contributed by atoms with Crippen LogP contribution in [-0.4, -0.2) is 42.3 Å². The summed E-state index contributed by atoms with van der Waals surface area (Å²) in [6, 6.07) is 15.6. The maximum Gasteiger partial charge on any atom is 0.251 e. The van der Waals surface area contributed by atoms with Gasteiger partial charge >= 0.3 is 0 Å². The number of amides is 1. The van der Waals surface area contributed by atoms with Crippen molar-refractivity contribution in [3.8, 4) is 22.8 Å². The van der Waals surface area contributed by atoms with E-state index in [-0.39, 0.29) is 5.91 Å². The smallest absolute Gasteiger partial charge is 0.251 e. The van der Waals surface area contributed by atoms with Crippen molar-refractivity contribution in [3.63, 3.8) is 0 Å². The predicted octanol–water partition coefficient (Wildman–Crippen LogP) is 4.77. The number of hydrogen-bond acceptors (Lipinski definition) is 6. The number of nitrogens with one attached hydrogen (secondary N) is 4. The monoisotopic (exact) mass is 481 g/mol. The molecule has 2 aliphatic carbocycles. The number of aryl methyl sites for hydroxylation is 1. The van der Waals surface area contributed by atoms with Crippen molar-refractivity contribution in [2.24, 2.45) is 5.41 Å². The van der Waals surface area contributed by atoms with Gasteiger partial charge in [0.05, 0.1) is 5.69 Å². The molecule has 2 unspecified atom stereocenters. The van der Waals surface area contributed by atoms with Gasteiger partial charge in [0.25, 0.3) is 5.91 Å². The Morgan fingerprint density at radius 2 is 2.03 bits per heavy atom. The van der Waals surface area contributed by atoms with E-state index in [1.54, 1.807) is 6.20 Å². The molecule has 6 rings (SSSR count). The van der Waals surface area contributed by atoms with Gasteiger partial charge in [0.1, 0.15) is 11.5 Å². The number of anilines is 1. The van der Waals surface area contributed by atoms with Crippen LogP contribution in [0.15, 0.2) is 54.7 Å². The van der Waals surface area contributed by atoms with Crippen molar-refractivity contribution in [3.05, 3.63) is 71.4 Å². The standard InChI is InChI=1S/C29H31N5O2/c1-3-18-12-19(5-7-23(18)27(35)34-26-15-28(26)17-33-29(28)9-10-29)25-14-22(8-11-32-25)36-21-6-4-20(16-30)24(13-21)31-2/h4-8,11-14,16,26,30-31,33H,3,9-10,15,17H2,1-2H3,(H,34,35). The summed E-state index contributed by atoms with van der Waals surface area (Å²) < 4.78 is 6.08. The molecule has 7 nitrogen and oxygen atoms in total. The van der Waals surface area contributed by atoms with Crippen LogP contribution < -0.4 is 20.7 Å². The summed E-state index contributed by atoms with van der Waals surface area (Å²) in [6.45, 7) is 3.11. The lowest BCUT2D eigenvalue weighted by Crippen LogP contribution is -2.60. The first-order chi connectivity index (χ1) is 17.5. The highest BCUT2D eigenvalue weighted by atomic mass is 16.5. The molecule has 4 N–H and O–H groups in total. The van der Waals surface area contributed by atoms with Gasteiger partial charge in [-0.15, -0.1) is 0 Å². The first-order valence-corrected chi connectivity index (χ1v) is 12.7. The van der Waals surface area contributed by atoms with Crippen LogP contribution in [0.4, 0.5) is 5.69 Å². The highest BCUT2D eigenvalue weighted by Crippen LogP contribution is 2.68. The highest BCUT2D eigenvalue weighted by molar-refractivity contribution is 5.97. The molecule has 1 saturated heterocycles. The third-order valence-corrected chi connectivity index (χ3v) is 8.27. The number of rotatable bonds is 8.